The summed E-state index contributed by atoms with van der Waals surface area (Å²) in [5.74, 6) is 1.19. The van der Waals surface area contributed by atoms with Crippen LogP contribution >= 0.6 is 0 Å². The number of benzene rings is 1. The maximum atomic E-state index is 11.8. The molecule has 7 heteroatoms. The first-order chi connectivity index (χ1) is 14.9. The molecule has 0 aromatic heterocycles. The summed E-state index contributed by atoms with van der Waals surface area (Å²) in [6.07, 6.45) is 3.45. The van der Waals surface area contributed by atoms with Crippen molar-refractivity contribution >= 4 is 11.9 Å². The van der Waals surface area contributed by atoms with Crippen LogP contribution in [0.3, 0.4) is 0 Å². The fourth-order valence-corrected chi connectivity index (χ4v) is 3.37. The zero-order valence-electron chi connectivity index (χ0n) is 19.8. The minimum Gasteiger partial charge on any atom is -0.378 e. The van der Waals surface area contributed by atoms with Gasteiger partial charge in [0.05, 0.1) is 6.10 Å². The number of amides is 1. The lowest BCUT2D eigenvalue weighted by Gasteiger charge is -2.32. The fourth-order valence-electron chi connectivity index (χ4n) is 3.37. The standard InChI is InChI=1S/C24H41N5O2/c1-20(2)17-26-24(27-18-23(30)28(3)4)25-13-8-16-31-22-11-14-29(15-12-22)19-21-9-6-5-7-10-21/h5-7,9-10,20,22H,8,11-19H2,1-4H3,(H2,25,26,27). The highest BCUT2D eigenvalue weighted by Crippen LogP contribution is 2.16. The van der Waals surface area contributed by atoms with Gasteiger partial charge in [0.2, 0.25) is 5.91 Å². The molecule has 0 saturated carbocycles. The Bertz CT molecular complexity index is 655. The predicted octanol–water partition coefficient (Wildman–Crippen LogP) is 2.34. The molecule has 0 unspecified atom stereocenters. The van der Waals surface area contributed by atoms with E-state index in [1.165, 1.54) is 5.56 Å². The highest BCUT2D eigenvalue weighted by atomic mass is 16.5. The zero-order valence-corrected chi connectivity index (χ0v) is 19.8. The molecule has 2 N–H and O–H groups in total. The zero-order chi connectivity index (χ0) is 22.5. The number of guanidine groups is 1. The van der Waals surface area contributed by atoms with E-state index in [-0.39, 0.29) is 12.5 Å². The van der Waals surface area contributed by atoms with Crippen LogP contribution < -0.4 is 10.6 Å². The van der Waals surface area contributed by atoms with E-state index < -0.39 is 0 Å². The first kappa shape index (κ1) is 25.1. The number of piperidine rings is 1. The summed E-state index contributed by atoms with van der Waals surface area (Å²) in [6.45, 7) is 9.99. The minimum atomic E-state index is -0.00686. The number of carbonyl (C=O) groups is 1. The van der Waals surface area contributed by atoms with Crippen molar-refractivity contribution in [1.82, 2.24) is 20.4 Å². The van der Waals surface area contributed by atoms with Gasteiger partial charge in [0.15, 0.2) is 5.96 Å². The monoisotopic (exact) mass is 431 g/mol. The minimum absolute atomic E-state index is 0.00686. The summed E-state index contributed by atoms with van der Waals surface area (Å²) in [5, 5.41) is 6.62. The average molecular weight is 432 g/mol. The molecule has 1 aromatic carbocycles. The molecule has 1 fully saturated rings. The van der Waals surface area contributed by atoms with E-state index in [2.05, 4.69) is 64.7 Å². The fraction of sp³-hybridized carbons (Fsp3) is 0.667. The van der Waals surface area contributed by atoms with Crippen molar-refractivity contribution in [3.63, 3.8) is 0 Å². The van der Waals surface area contributed by atoms with Crippen molar-refractivity contribution in [2.75, 3.05) is 53.4 Å². The molecule has 7 nitrogen and oxygen atoms in total. The van der Waals surface area contributed by atoms with E-state index >= 15 is 0 Å². The number of hydrogen-bond acceptors (Lipinski definition) is 4. The lowest BCUT2D eigenvalue weighted by Crippen LogP contribution is -2.41. The quantitative estimate of drug-likeness (QED) is 0.320. The second kappa shape index (κ2) is 14.0. The number of hydrogen-bond donors (Lipinski definition) is 2. The van der Waals surface area contributed by atoms with Crippen LogP contribution in [0.1, 0.15) is 38.7 Å². The van der Waals surface area contributed by atoms with Crippen LogP contribution in [-0.4, -0.2) is 81.2 Å². The number of nitrogens with zero attached hydrogens (tertiary/aromatic N) is 3. The van der Waals surface area contributed by atoms with Crippen molar-refractivity contribution in [3.8, 4) is 0 Å². The largest absolute Gasteiger partial charge is 0.378 e. The van der Waals surface area contributed by atoms with Crippen molar-refractivity contribution < 1.29 is 9.53 Å². The Labute approximate surface area is 188 Å². The molecule has 1 aliphatic heterocycles. The summed E-state index contributed by atoms with van der Waals surface area (Å²) in [5.41, 5.74) is 1.38. The third kappa shape index (κ3) is 10.6. The van der Waals surface area contributed by atoms with Gasteiger partial charge in [-0.1, -0.05) is 44.2 Å². The first-order valence-electron chi connectivity index (χ1n) is 11.5. The normalized spacial score (nSPS) is 15.8. The van der Waals surface area contributed by atoms with Crippen LogP contribution in [-0.2, 0) is 16.1 Å². The van der Waals surface area contributed by atoms with Gasteiger partial charge in [-0.2, -0.15) is 0 Å². The van der Waals surface area contributed by atoms with E-state index in [0.29, 0.717) is 18.0 Å². The van der Waals surface area contributed by atoms with E-state index in [1.54, 1.807) is 19.0 Å². The molecular weight excluding hydrogens is 390 g/mol. The number of likely N-dealkylation sites (tertiary alicyclic amines) is 1. The second-order valence-electron chi connectivity index (χ2n) is 8.84. The van der Waals surface area contributed by atoms with Crippen LogP contribution in [0.15, 0.2) is 35.3 Å². The van der Waals surface area contributed by atoms with E-state index in [0.717, 1.165) is 58.6 Å². The van der Waals surface area contributed by atoms with Crippen LogP contribution in [0.5, 0.6) is 0 Å². The first-order valence-corrected chi connectivity index (χ1v) is 11.5. The van der Waals surface area contributed by atoms with E-state index in [4.69, 9.17) is 4.74 Å². The third-order valence-electron chi connectivity index (χ3n) is 5.30. The molecule has 0 bridgehead atoms. The molecule has 0 spiro atoms. The SMILES string of the molecule is CC(C)CNC(=NCC(=O)N(C)C)NCCCOC1CCN(Cc2ccccc2)CC1. The maximum Gasteiger partial charge on any atom is 0.243 e. The van der Waals surface area contributed by atoms with Crippen LogP contribution in [0.2, 0.25) is 0 Å². The number of nitrogens with one attached hydrogen (secondary N) is 2. The average Bonchev–Trinajstić information content (AvgIpc) is 2.76. The molecule has 1 aromatic rings. The van der Waals surface area contributed by atoms with Gasteiger partial charge in [-0.05, 0) is 30.7 Å². The van der Waals surface area contributed by atoms with Gasteiger partial charge in [-0.15, -0.1) is 0 Å². The van der Waals surface area contributed by atoms with Crippen LogP contribution in [0.4, 0.5) is 0 Å². The van der Waals surface area contributed by atoms with E-state index in [1.807, 2.05) is 0 Å². The number of aliphatic imine (C=N–C) groups is 1. The Balaban J connectivity index is 1.61. The Morgan fingerprint density at radius 1 is 1.19 bits per heavy atom. The molecule has 1 aliphatic rings. The number of carbonyl (C=O) groups excluding carboxylic acids is 1. The second-order valence-corrected chi connectivity index (χ2v) is 8.84. The molecule has 1 heterocycles. The third-order valence-corrected chi connectivity index (χ3v) is 5.30. The van der Waals surface area contributed by atoms with Gasteiger partial charge in [-0.25, -0.2) is 4.99 Å². The van der Waals surface area contributed by atoms with Gasteiger partial charge >= 0.3 is 0 Å². The lowest BCUT2D eigenvalue weighted by atomic mass is 10.1. The van der Waals surface area contributed by atoms with Gasteiger partial charge in [0, 0.05) is 53.4 Å². The van der Waals surface area contributed by atoms with Crippen molar-refractivity contribution in [2.45, 2.75) is 45.8 Å². The topological polar surface area (TPSA) is 69.2 Å². The lowest BCUT2D eigenvalue weighted by molar-refractivity contribution is -0.127. The Morgan fingerprint density at radius 3 is 2.55 bits per heavy atom. The van der Waals surface area contributed by atoms with Gasteiger partial charge in [0.25, 0.3) is 0 Å². The summed E-state index contributed by atoms with van der Waals surface area (Å²) in [7, 11) is 3.49. The van der Waals surface area contributed by atoms with Gasteiger partial charge in [0.1, 0.15) is 6.54 Å². The summed E-state index contributed by atoms with van der Waals surface area (Å²) in [6, 6.07) is 10.7. The number of rotatable bonds is 11. The smallest absolute Gasteiger partial charge is 0.243 e. The molecular formula is C24H41N5O2. The molecule has 2 rings (SSSR count). The van der Waals surface area contributed by atoms with Crippen LogP contribution in [0, 0.1) is 5.92 Å². The highest BCUT2D eigenvalue weighted by Gasteiger charge is 2.19. The van der Waals surface area contributed by atoms with Crippen molar-refractivity contribution in [2.24, 2.45) is 10.9 Å². The number of ether oxygens (including phenoxy) is 1. The molecule has 1 amide bonds. The maximum absolute atomic E-state index is 11.8. The van der Waals surface area contributed by atoms with E-state index in [9.17, 15) is 4.79 Å². The summed E-state index contributed by atoms with van der Waals surface area (Å²) < 4.78 is 6.10. The number of likely N-dealkylation sites (N-methyl/N-ethyl adjacent to an activating group) is 1. The molecule has 31 heavy (non-hydrogen) atoms. The van der Waals surface area contributed by atoms with Crippen molar-refractivity contribution in [3.05, 3.63) is 35.9 Å². The molecule has 1 saturated heterocycles. The summed E-state index contributed by atoms with van der Waals surface area (Å²) in [4.78, 5) is 20.3. The molecule has 174 valence electrons. The molecule has 0 radical (unpaired) electrons. The highest BCUT2D eigenvalue weighted by molar-refractivity contribution is 5.84. The van der Waals surface area contributed by atoms with Gasteiger partial charge in [-0.3, -0.25) is 9.69 Å². The predicted molar refractivity (Wildman–Crippen MR) is 127 cm³/mol. The van der Waals surface area contributed by atoms with Gasteiger partial charge < -0.3 is 20.3 Å². The van der Waals surface area contributed by atoms with Crippen LogP contribution in [0.25, 0.3) is 0 Å². The Kier molecular flexibility index (Phi) is 11.4. The molecule has 0 aliphatic carbocycles. The Morgan fingerprint density at radius 2 is 1.90 bits per heavy atom. The summed E-state index contributed by atoms with van der Waals surface area (Å²) >= 11 is 0. The molecule has 0 atom stereocenters. The van der Waals surface area contributed by atoms with Crippen molar-refractivity contribution in [1.29, 1.82) is 0 Å². The Hall–Kier alpha value is -2.12.